The zero-order chi connectivity index (χ0) is 24.4. The van der Waals surface area contributed by atoms with E-state index in [1.165, 1.54) is 12.1 Å². The largest absolute Gasteiger partial charge is 0.348 e. The summed E-state index contributed by atoms with van der Waals surface area (Å²) in [6.45, 7) is 2.50. The molecular formula is C27H27ClFN5O. The maximum absolute atomic E-state index is 13.5. The Morgan fingerprint density at radius 2 is 1.83 bits per heavy atom. The summed E-state index contributed by atoms with van der Waals surface area (Å²) in [5.74, 6) is 0.377. The fourth-order valence-corrected chi connectivity index (χ4v) is 4.63. The number of piperidine rings is 1. The summed E-state index contributed by atoms with van der Waals surface area (Å²) in [7, 11) is 0. The molecule has 1 aromatic heterocycles. The third-order valence-corrected chi connectivity index (χ3v) is 6.60. The molecule has 0 radical (unpaired) electrons. The van der Waals surface area contributed by atoms with Gasteiger partial charge in [-0.15, -0.1) is 0 Å². The van der Waals surface area contributed by atoms with Crippen LogP contribution in [-0.2, 0) is 13.1 Å². The molecule has 1 atom stereocenters. The van der Waals surface area contributed by atoms with E-state index in [1.807, 2.05) is 24.3 Å². The van der Waals surface area contributed by atoms with Gasteiger partial charge in [0.1, 0.15) is 5.82 Å². The average Bonchev–Trinajstić information content (AvgIpc) is 3.22. The van der Waals surface area contributed by atoms with Crippen molar-refractivity contribution in [3.8, 4) is 0 Å². The molecule has 6 nitrogen and oxygen atoms in total. The highest BCUT2D eigenvalue weighted by atomic mass is 35.5. The van der Waals surface area contributed by atoms with Gasteiger partial charge in [0.05, 0.1) is 17.6 Å². The molecule has 8 heteroatoms. The molecule has 1 aliphatic heterocycles. The lowest BCUT2D eigenvalue weighted by Crippen LogP contribution is -2.44. The first kappa shape index (κ1) is 23.3. The Hall–Kier alpha value is -3.42. The van der Waals surface area contributed by atoms with Crippen LogP contribution in [0, 0.1) is 5.82 Å². The summed E-state index contributed by atoms with van der Waals surface area (Å²) < 4.78 is 15.6. The number of hydrogen-bond donors (Lipinski definition) is 2. The predicted molar refractivity (Wildman–Crippen MR) is 137 cm³/mol. The topological polar surface area (TPSA) is 76.2 Å². The summed E-state index contributed by atoms with van der Waals surface area (Å²) >= 11 is 5.95. The average molecular weight is 492 g/mol. The van der Waals surface area contributed by atoms with E-state index in [1.54, 1.807) is 30.3 Å². The molecule has 1 fully saturated rings. The number of nitrogens with one attached hydrogen (secondary N) is 1. The Labute approximate surface area is 208 Å². The number of anilines is 1. The van der Waals surface area contributed by atoms with E-state index in [2.05, 4.69) is 14.8 Å². The third kappa shape index (κ3) is 5.31. The number of nitrogens with two attached hydrogens (primary N) is 1. The number of benzene rings is 3. The van der Waals surface area contributed by atoms with Crippen molar-refractivity contribution in [1.29, 1.82) is 0 Å². The molecule has 0 spiro atoms. The molecule has 1 saturated heterocycles. The van der Waals surface area contributed by atoms with Crippen LogP contribution in [0.4, 0.5) is 10.3 Å². The minimum absolute atomic E-state index is 0.0945. The fraction of sp³-hybridized carbons (Fsp3) is 0.259. The minimum Gasteiger partial charge on any atom is -0.348 e. The van der Waals surface area contributed by atoms with Crippen molar-refractivity contribution in [1.82, 2.24) is 14.9 Å². The van der Waals surface area contributed by atoms with Gasteiger partial charge in [0.2, 0.25) is 5.95 Å². The second-order valence-electron chi connectivity index (χ2n) is 8.99. The van der Waals surface area contributed by atoms with Crippen molar-refractivity contribution in [2.24, 2.45) is 5.73 Å². The van der Waals surface area contributed by atoms with Crippen molar-refractivity contribution in [2.45, 2.75) is 32.0 Å². The van der Waals surface area contributed by atoms with Gasteiger partial charge in [-0.25, -0.2) is 9.37 Å². The zero-order valence-corrected chi connectivity index (χ0v) is 20.0. The highest BCUT2D eigenvalue weighted by Crippen LogP contribution is 2.27. The Morgan fingerprint density at radius 3 is 2.57 bits per heavy atom. The number of fused-ring (bicyclic) bond motifs is 1. The van der Waals surface area contributed by atoms with E-state index in [-0.39, 0.29) is 17.8 Å². The molecule has 3 N–H and O–H groups in total. The number of amides is 1. The molecule has 0 aliphatic carbocycles. The van der Waals surface area contributed by atoms with Gasteiger partial charge in [-0.1, -0.05) is 35.9 Å². The number of carbonyl (C=O) groups is 1. The van der Waals surface area contributed by atoms with Crippen LogP contribution in [0.5, 0.6) is 0 Å². The first-order valence-corrected chi connectivity index (χ1v) is 12.1. The van der Waals surface area contributed by atoms with Crippen molar-refractivity contribution >= 4 is 34.5 Å². The lowest BCUT2D eigenvalue weighted by Gasteiger charge is -2.32. The molecule has 35 heavy (non-hydrogen) atoms. The number of nitrogens with zero attached hydrogens (tertiary/aromatic N) is 3. The molecule has 5 rings (SSSR count). The molecule has 180 valence electrons. The number of carbonyl (C=O) groups excluding carboxylic acids is 1. The van der Waals surface area contributed by atoms with Gasteiger partial charge in [0.25, 0.3) is 5.91 Å². The van der Waals surface area contributed by atoms with E-state index < -0.39 is 0 Å². The van der Waals surface area contributed by atoms with E-state index in [0.717, 1.165) is 54.0 Å². The number of imidazole rings is 1. The fourth-order valence-electron chi connectivity index (χ4n) is 4.50. The monoisotopic (exact) mass is 491 g/mol. The van der Waals surface area contributed by atoms with Gasteiger partial charge < -0.3 is 20.5 Å². The lowest BCUT2D eigenvalue weighted by atomic mass is 10.1. The minimum atomic E-state index is -0.272. The van der Waals surface area contributed by atoms with Crippen LogP contribution in [-0.4, -0.2) is 34.6 Å². The summed E-state index contributed by atoms with van der Waals surface area (Å²) in [6.07, 6.45) is 1.99. The Balaban J connectivity index is 1.46. The quantitative estimate of drug-likeness (QED) is 0.408. The summed E-state index contributed by atoms with van der Waals surface area (Å²) in [6, 6.07) is 19.5. The normalized spacial score (nSPS) is 16.0. The van der Waals surface area contributed by atoms with Gasteiger partial charge in [-0.05, 0) is 66.4 Å². The summed E-state index contributed by atoms with van der Waals surface area (Å²) in [5, 5.41) is 3.63. The molecule has 0 bridgehead atoms. The van der Waals surface area contributed by atoms with E-state index in [0.29, 0.717) is 23.7 Å². The SMILES string of the molecule is NC1CCCN(c2nc3ccc(C(=O)NCc4ccc(Cl)cc4)cc3n2Cc2ccc(F)cc2)C1. The molecular weight excluding hydrogens is 465 g/mol. The molecule has 2 heterocycles. The first-order valence-electron chi connectivity index (χ1n) is 11.7. The van der Waals surface area contributed by atoms with Crippen LogP contribution >= 0.6 is 11.6 Å². The first-order chi connectivity index (χ1) is 17.0. The van der Waals surface area contributed by atoms with E-state index in [9.17, 15) is 9.18 Å². The van der Waals surface area contributed by atoms with Crippen molar-refractivity contribution in [3.05, 3.63) is 94.3 Å². The van der Waals surface area contributed by atoms with Crippen LogP contribution in [0.3, 0.4) is 0 Å². The second kappa shape index (κ2) is 10.1. The molecule has 1 unspecified atom stereocenters. The predicted octanol–water partition coefficient (Wildman–Crippen LogP) is 4.73. The molecule has 1 aliphatic rings. The Kier molecular flexibility index (Phi) is 6.70. The number of rotatable bonds is 6. The summed E-state index contributed by atoms with van der Waals surface area (Å²) in [4.78, 5) is 20.1. The van der Waals surface area contributed by atoms with Crippen LogP contribution < -0.4 is 16.0 Å². The number of halogens is 2. The molecule has 3 aromatic carbocycles. The highest BCUT2D eigenvalue weighted by molar-refractivity contribution is 6.30. The van der Waals surface area contributed by atoms with Crippen LogP contribution in [0.1, 0.15) is 34.3 Å². The maximum Gasteiger partial charge on any atom is 0.251 e. The number of aromatic nitrogens is 2. The van der Waals surface area contributed by atoms with E-state index in [4.69, 9.17) is 22.3 Å². The van der Waals surface area contributed by atoms with Crippen LogP contribution in [0.2, 0.25) is 5.02 Å². The molecule has 4 aromatic rings. The van der Waals surface area contributed by atoms with Gasteiger partial charge in [-0.3, -0.25) is 4.79 Å². The lowest BCUT2D eigenvalue weighted by molar-refractivity contribution is 0.0951. The second-order valence-corrected chi connectivity index (χ2v) is 9.42. The maximum atomic E-state index is 13.5. The van der Waals surface area contributed by atoms with Gasteiger partial charge >= 0.3 is 0 Å². The highest BCUT2D eigenvalue weighted by Gasteiger charge is 2.23. The van der Waals surface area contributed by atoms with Crippen molar-refractivity contribution in [2.75, 3.05) is 18.0 Å². The molecule has 1 amide bonds. The van der Waals surface area contributed by atoms with Crippen LogP contribution in [0.25, 0.3) is 11.0 Å². The van der Waals surface area contributed by atoms with Gasteiger partial charge in [0, 0.05) is 36.3 Å². The standard InChI is InChI=1S/C27H27ClFN5O/c28-21-8-3-18(4-9-21)15-31-26(35)20-7-12-24-25(14-20)34(16-19-5-10-22(29)11-6-19)27(32-24)33-13-1-2-23(30)17-33/h3-12,14,23H,1-2,13,15-17,30H2,(H,31,35). The smallest absolute Gasteiger partial charge is 0.251 e. The van der Waals surface area contributed by atoms with Gasteiger partial charge in [0.15, 0.2) is 0 Å². The van der Waals surface area contributed by atoms with Crippen molar-refractivity contribution in [3.63, 3.8) is 0 Å². The van der Waals surface area contributed by atoms with E-state index >= 15 is 0 Å². The number of hydrogen-bond acceptors (Lipinski definition) is 4. The Morgan fingerprint density at radius 1 is 1.09 bits per heavy atom. The van der Waals surface area contributed by atoms with Crippen molar-refractivity contribution < 1.29 is 9.18 Å². The summed E-state index contributed by atoms with van der Waals surface area (Å²) in [5.41, 5.74) is 10.4. The van der Waals surface area contributed by atoms with Gasteiger partial charge in [-0.2, -0.15) is 0 Å². The third-order valence-electron chi connectivity index (χ3n) is 6.35. The molecule has 0 saturated carbocycles. The Bertz CT molecular complexity index is 1340. The van der Waals surface area contributed by atoms with Crippen LogP contribution in [0.15, 0.2) is 66.7 Å². The zero-order valence-electron chi connectivity index (χ0n) is 19.3.